The summed E-state index contributed by atoms with van der Waals surface area (Å²) < 4.78 is 0. The molecule has 1 fully saturated rings. The van der Waals surface area contributed by atoms with Crippen LogP contribution in [0.3, 0.4) is 0 Å². The maximum absolute atomic E-state index is 12.0. The number of nitrogens with one attached hydrogen (secondary N) is 1. The summed E-state index contributed by atoms with van der Waals surface area (Å²) in [5.74, 6) is -0.220. The lowest BCUT2D eigenvalue weighted by atomic mass is 9.97. The first-order valence-electron chi connectivity index (χ1n) is 6.35. The number of rotatable bonds is 3. The Bertz CT molecular complexity index is 447. The van der Waals surface area contributed by atoms with E-state index in [1.807, 2.05) is 12.3 Å². The molecule has 0 bridgehead atoms. The molecule has 1 aliphatic heterocycles. The minimum atomic E-state index is -0.329. The smallest absolute Gasteiger partial charge is 0.261 e. The minimum Gasteiger partial charge on any atom is -0.393 e. The van der Waals surface area contributed by atoms with Gasteiger partial charge in [0.25, 0.3) is 5.91 Å². The maximum Gasteiger partial charge on any atom is 0.261 e. The summed E-state index contributed by atoms with van der Waals surface area (Å²) in [5, 5.41) is 14.1. The molecular weight excluding hydrogens is 264 g/mol. The van der Waals surface area contributed by atoms with Gasteiger partial charge in [-0.05, 0) is 23.8 Å². The Morgan fingerprint density at radius 2 is 2.37 bits per heavy atom. The van der Waals surface area contributed by atoms with Crippen LogP contribution in [0.5, 0.6) is 0 Å². The van der Waals surface area contributed by atoms with E-state index >= 15 is 0 Å². The monoisotopic (exact) mass is 282 g/mol. The van der Waals surface area contributed by atoms with E-state index in [9.17, 15) is 14.7 Å². The largest absolute Gasteiger partial charge is 0.393 e. The van der Waals surface area contributed by atoms with Crippen LogP contribution in [0, 0.1) is 5.92 Å². The average Bonchev–Trinajstić information content (AvgIpc) is 2.92. The number of nitrogens with zero attached hydrogens (tertiary/aromatic N) is 1. The summed E-state index contributed by atoms with van der Waals surface area (Å²) in [5.41, 5.74) is 0. The molecule has 0 radical (unpaired) electrons. The van der Waals surface area contributed by atoms with E-state index in [4.69, 9.17) is 0 Å². The molecule has 104 valence electrons. The second-order valence-electron chi connectivity index (χ2n) is 4.83. The van der Waals surface area contributed by atoms with Crippen LogP contribution in [0.25, 0.3) is 0 Å². The molecule has 0 saturated carbocycles. The molecule has 1 aromatic heterocycles. The molecule has 5 nitrogen and oxygen atoms in total. The number of carbonyl (C=O) groups excluding carboxylic acids is 2. The van der Waals surface area contributed by atoms with E-state index in [1.54, 1.807) is 17.0 Å². The van der Waals surface area contributed by atoms with Gasteiger partial charge in [-0.1, -0.05) is 13.0 Å². The number of carbonyl (C=O) groups is 2. The van der Waals surface area contributed by atoms with Gasteiger partial charge in [0.15, 0.2) is 0 Å². The van der Waals surface area contributed by atoms with E-state index in [2.05, 4.69) is 5.32 Å². The Balaban J connectivity index is 1.80. The van der Waals surface area contributed by atoms with Crippen molar-refractivity contribution < 1.29 is 14.7 Å². The highest BCUT2D eigenvalue weighted by atomic mass is 32.1. The number of amides is 2. The molecule has 0 aliphatic carbocycles. The number of aliphatic hydroxyl groups is 1. The summed E-state index contributed by atoms with van der Waals surface area (Å²) in [6.07, 6.45) is 0.274. The van der Waals surface area contributed by atoms with E-state index < -0.39 is 0 Å². The molecule has 0 aromatic carbocycles. The van der Waals surface area contributed by atoms with Gasteiger partial charge in [0.05, 0.1) is 17.5 Å². The van der Waals surface area contributed by atoms with Gasteiger partial charge in [0.1, 0.15) is 0 Å². The lowest BCUT2D eigenvalue weighted by molar-refractivity contribution is -0.133. The standard InChI is InChI=1S/C13H18N2O3S/c1-9-8-15(5-4-10(9)16)12(17)7-14-13(18)11-3-2-6-19-11/h2-3,6,9-10,16H,4-5,7-8H2,1H3,(H,14,18). The third kappa shape index (κ3) is 3.54. The zero-order valence-electron chi connectivity index (χ0n) is 10.8. The Morgan fingerprint density at radius 1 is 1.58 bits per heavy atom. The van der Waals surface area contributed by atoms with E-state index in [1.165, 1.54) is 11.3 Å². The van der Waals surface area contributed by atoms with Crippen molar-refractivity contribution in [3.8, 4) is 0 Å². The van der Waals surface area contributed by atoms with E-state index in [0.717, 1.165) is 0 Å². The van der Waals surface area contributed by atoms with Crippen LogP contribution in [0.4, 0.5) is 0 Å². The number of likely N-dealkylation sites (tertiary alicyclic amines) is 1. The van der Waals surface area contributed by atoms with Gasteiger partial charge in [-0.15, -0.1) is 11.3 Å². The highest BCUT2D eigenvalue weighted by Crippen LogP contribution is 2.16. The first kappa shape index (κ1) is 14.0. The summed E-state index contributed by atoms with van der Waals surface area (Å²) in [6.45, 7) is 3.04. The molecule has 1 aliphatic rings. The zero-order chi connectivity index (χ0) is 13.8. The Kier molecular flexibility index (Phi) is 4.55. The van der Waals surface area contributed by atoms with Gasteiger partial charge in [0, 0.05) is 13.1 Å². The Hall–Kier alpha value is -1.40. The summed E-state index contributed by atoms with van der Waals surface area (Å²) in [6, 6.07) is 3.53. The third-order valence-corrected chi connectivity index (χ3v) is 4.23. The molecule has 2 atom stereocenters. The van der Waals surface area contributed by atoms with Gasteiger partial charge in [-0.2, -0.15) is 0 Å². The Morgan fingerprint density at radius 3 is 3.00 bits per heavy atom. The lowest BCUT2D eigenvalue weighted by Gasteiger charge is -2.34. The number of hydrogen-bond acceptors (Lipinski definition) is 4. The lowest BCUT2D eigenvalue weighted by Crippen LogP contribution is -2.48. The van der Waals surface area contributed by atoms with Gasteiger partial charge in [-0.3, -0.25) is 9.59 Å². The number of hydrogen-bond donors (Lipinski definition) is 2. The molecule has 0 spiro atoms. The van der Waals surface area contributed by atoms with Gasteiger partial charge in [-0.25, -0.2) is 0 Å². The molecule has 19 heavy (non-hydrogen) atoms. The highest BCUT2D eigenvalue weighted by Gasteiger charge is 2.27. The number of aliphatic hydroxyl groups excluding tert-OH is 1. The molecule has 2 unspecified atom stereocenters. The third-order valence-electron chi connectivity index (χ3n) is 3.36. The van der Waals surface area contributed by atoms with Crippen LogP contribution in [-0.4, -0.2) is 47.6 Å². The van der Waals surface area contributed by atoms with Gasteiger partial charge < -0.3 is 15.3 Å². The summed E-state index contributed by atoms with van der Waals surface area (Å²) in [7, 11) is 0. The topological polar surface area (TPSA) is 69.6 Å². The molecule has 1 aromatic rings. The predicted octanol–water partition coefficient (Wildman–Crippen LogP) is 0.707. The molecular formula is C13H18N2O3S. The quantitative estimate of drug-likeness (QED) is 0.857. The minimum absolute atomic E-state index is 0.0134. The Labute approximate surface area is 116 Å². The SMILES string of the molecule is CC1CN(C(=O)CNC(=O)c2cccs2)CCC1O. The second-order valence-corrected chi connectivity index (χ2v) is 5.78. The van der Waals surface area contributed by atoms with Crippen molar-refractivity contribution in [3.05, 3.63) is 22.4 Å². The van der Waals surface area contributed by atoms with E-state index in [0.29, 0.717) is 24.4 Å². The van der Waals surface area contributed by atoms with Crippen LogP contribution in [0.1, 0.15) is 23.0 Å². The van der Waals surface area contributed by atoms with Crippen molar-refractivity contribution in [1.29, 1.82) is 0 Å². The second kappa shape index (κ2) is 6.16. The van der Waals surface area contributed by atoms with Crippen LogP contribution in [-0.2, 0) is 4.79 Å². The van der Waals surface area contributed by atoms with Crippen molar-refractivity contribution in [2.24, 2.45) is 5.92 Å². The van der Waals surface area contributed by atoms with Crippen molar-refractivity contribution in [1.82, 2.24) is 10.2 Å². The fourth-order valence-electron chi connectivity index (χ4n) is 2.12. The van der Waals surface area contributed by atoms with Crippen LogP contribution >= 0.6 is 11.3 Å². The first-order chi connectivity index (χ1) is 9.08. The van der Waals surface area contributed by atoms with Gasteiger partial charge >= 0.3 is 0 Å². The van der Waals surface area contributed by atoms with Crippen molar-refractivity contribution >= 4 is 23.2 Å². The first-order valence-corrected chi connectivity index (χ1v) is 7.23. The molecule has 2 N–H and O–H groups in total. The fraction of sp³-hybridized carbons (Fsp3) is 0.538. The predicted molar refractivity (Wildman–Crippen MR) is 73.0 cm³/mol. The molecule has 1 saturated heterocycles. The van der Waals surface area contributed by atoms with Crippen molar-refractivity contribution in [2.45, 2.75) is 19.4 Å². The average molecular weight is 282 g/mol. The molecule has 2 amide bonds. The van der Waals surface area contributed by atoms with Crippen LogP contribution < -0.4 is 5.32 Å². The number of thiophene rings is 1. The fourth-order valence-corrected chi connectivity index (χ4v) is 2.76. The van der Waals surface area contributed by atoms with Crippen LogP contribution in [0.2, 0.25) is 0 Å². The molecule has 6 heteroatoms. The number of piperidine rings is 1. The molecule has 2 rings (SSSR count). The highest BCUT2D eigenvalue weighted by molar-refractivity contribution is 7.12. The van der Waals surface area contributed by atoms with Gasteiger partial charge in [0.2, 0.25) is 5.91 Å². The van der Waals surface area contributed by atoms with Crippen LogP contribution in [0.15, 0.2) is 17.5 Å². The summed E-state index contributed by atoms with van der Waals surface area (Å²) in [4.78, 5) is 26.0. The molecule has 2 heterocycles. The summed E-state index contributed by atoms with van der Waals surface area (Å²) >= 11 is 1.35. The maximum atomic E-state index is 12.0. The van der Waals surface area contributed by atoms with Crippen molar-refractivity contribution in [3.63, 3.8) is 0 Å². The van der Waals surface area contributed by atoms with E-state index in [-0.39, 0.29) is 30.4 Å². The normalized spacial score (nSPS) is 23.2. The van der Waals surface area contributed by atoms with Crippen molar-refractivity contribution in [2.75, 3.05) is 19.6 Å². The zero-order valence-corrected chi connectivity index (χ0v) is 11.7.